The fraction of sp³-hybridized carbons (Fsp3) is 0.500. The molecule has 3 rings (SSSR count). The molecule has 0 unspecified atom stereocenters. The van der Waals surface area contributed by atoms with Gasteiger partial charge in [0.2, 0.25) is 0 Å². The van der Waals surface area contributed by atoms with Gasteiger partial charge in [-0.1, -0.05) is 6.08 Å². The van der Waals surface area contributed by atoms with Gasteiger partial charge in [0.25, 0.3) is 0 Å². The predicted octanol–water partition coefficient (Wildman–Crippen LogP) is 2.55. The van der Waals surface area contributed by atoms with E-state index in [-0.39, 0.29) is 0 Å². The van der Waals surface area contributed by atoms with E-state index >= 15 is 0 Å². The minimum absolute atomic E-state index is 0.581. The summed E-state index contributed by atoms with van der Waals surface area (Å²) in [6, 6.07) is 2.83. The van der Waals surface area contributed by atoms with Gasteiger partial charge in [0.15, 0.2) is 0 Å². The van der Waals surface area contributed by atoms with E-state index < -0.39 is 0 Å². The molecule has 0 bridgehead atoms. The molecule has 16 heavy (non-hydrogen) atoms. The number of aromatic nitrogens is 1. The lowest BCUT2D eigenvalue weighted by Gasteiger charge is -2.29. The van der Waals surface area contributed by atoms with Crippen LogP contribution in [0.15, 0.2) is 24.5 Å². The smallest absolute Gasteiger partial charge is 0.0354 e. The highest BCUT2D eigenvalue weighted by atomic mass is 14.9. The van der Waals surface area contributed by atoms with Crippen LogP contribution in [0.4, 0.5) is 0 Å². The standard InChI is InChI=1S/C14H18N2/c1-10-7-12(9-15-8-10)13-5-4-11-3-2-6-16-14(11)13/h5,7-9,11,14,16H,2-4,6H2,1H3/t11-,14-/m1/s1. The zero-order chi connectivity index (χ0) is 11.0. The van der Waals surface area contributed by atoms with Gasteiger partial charge in [0.1, 0.15) is 0 Å². The third kappa shape index (κ3) is 1.67. The van der Waals surface area contributed by atoms with Crippen LogP contribution >= 0.6 is 0 Å². The minimum Gasteiger partial charge on any atom is -0.310 e. The molecule has 0 aromatic carbocycles. The van der Waals surface area contributed by atoms with Gasteiger partial charge in [0, 0.05) is 18.4 Å². The Hall–Kier alpha value is -1.15. The maximum atomic E-state index is 4.30. The van der Waals surface area contributed by atoms with E-state index in [0.717, 1.165) is 12.5 Å². The van der Waals surface area contributed by atoms with E-state index in [1.165, 1.54) is 36.0 Å². The molecule has 1 saturated heterocycles. The second-order valence-electron chi connectivity index (χ2n) is 4.98. The first-order valence-corrected chi connectivity index (χ1v) is 6.20. The van der Waals surface area contributed by atoms with Gasteiger partial charge >= 0.3 is 0 Å². The number of nitrogens with zero attached hydrogens (tertiary/aromatic N) is 1. The maximum Gasteiger partial charge on any atom is 0.0354 e. The molecule has 1 aromatic rings. The van der Waals surface area contributed by atoms with Crippen molar-refractivity contribution in [2.24, 2.45) is 5.92 Å². The van der Waals surface area contributed by atoms with Gasteiger partial charge in [-0.25, -0.2) is 0 Å². The van der Waals surface area contributed by atoms with Crippen LogP contribution in [0.5, 0.6) is 0 Å². The fourth-order valence-corrected chi connectivity index (χ4v) is 2.99. The Morgan fingerprint density at radius 1 is 1.38 bits per heavy atom. The van der Waals surface area contributed by atoms with Crippen LogP contribution in [0.2, 0.25) is 0 Å². The van der Waals surface area contributed by atoms with Gasteiger partial charge in [-0.3, -0.25) is 4.98 Å². The van der Waals surface area contributed by atoms with Gasteiger partial charge in [0.05, 0.1) is 0 Å². The van der Waals surface area contributed by atoms with Gasteiger partial charge < -0.3 is 5.32 Å². The van der Waals surface area contributed by atoms with Crippen LogP contribution in [-0.2, 0) is 0 Å². The second-order valence-corrected chi connectivity index (χ2v) is 4.98. The van der Waals surface area contributed by atoms with Crippen LogP contribution in [-0.4, -0.2) is 17.6 Å². The molecular formula is C14H18N2. The molecule has 0 amide bonds. The van der Waals surface area contributed by atoms with Crippen molar-refractivity contribution in [3.63, 3.8) is 0 Å². The number of piperidine rings is 1. The van der Waals surface area contributed by atoms with Gasteiger partial charge in [-0.2, -0.15) is 0 Å². The molecule has 1 aliphatic carbocycles. The first kappa shape index (κ1) is 10.0. The van der Waals surface area contributed by atoms with Crippen molar-refractivity contribution in [3.8, 4) is 0 Å². The highest BCUT2D eigenvalue weighted by Crippen LogP contribution is 2.36. The van der Waals surface area contributed by atoms with E-state index in [1.54, 1.807) is 0 Å². The summed E-state index contributed by atoms with van der Waals surface area (Å²) < 4.78 is 0. The van der Waals surface area contributed by atoms with Crippen LogP contribution in [0.3, 0.4) is 0 Å². The van der Waals surface area contributed by atoms with Crippen molar-refractivity contribution in [3.05, 3.63) is 35.7 Å². The first-order chi connectivity index (χ1) is 7.84. The third-order valence-corrected chi connectivity index (χ3v) is 3.77. The lowest BCUT2D eigenvalue weighted by molar-refractivity contribution is 0.346. The number of rotatable bonds is 1. The van der Waals surface area contributed by atoms with Crippen LogP contribution in [0.25, 0.3) is 5.57 Å². The lowest BCUT2D eigenvalue weighted by Crippen LogP contribution is -2.39. The summed E-state index contributed by atoms with van der Waals surface area (Å²) in [4.78, 5) is 4.30. The number of aryl methyl sites for hydroxylation is 1. The van der Waals surface area contributed by atoms with Gasteiger partial charge in [-0.15, -0.1) is 0 Å². The number of nitrogens with one attached hydrogen (secondary N) is 1. The topological polar surface area (TPSA) is 24.9 Å². The molecule has 2 aliphatic rings. The molecule has 1 aromatic heterocycles. The monoisotopic (exact) mass is 214 g/mol. The molecule has 2 nitrogen and oxygen atoms in total. The van der Waals surface area contributed by atoms with E-state index in [0.29, 0.717) is 6.04 Å². The number of pyridine rings is 1. The summed E-state index contributed by atoms with van der Waals surface area (Å²) >= 11 is 0. The molecule has 0 saturated carbocycles. The molecule has 1 fully saturated rings. The van der Waals surface area contributed by atoms with Crippen molar-refractivity contribution >= 4 is 5.57 Å². The Balaban J connectivity index is 1.90. The summed E-state index contributed by atoms with van der Waals surface area (Å²) in [5.74, 6) is 0.823. The molecule has 1 aliphatic heterocycles. The normalized spacial score (nSPS) is 28.7. The Labute approximate surface area is 96.8 Å². The largest absolute Gasteiger partial charge is 0.310 e. The molecule has 2 atom stereocenters. The Morgan fingerprint density at radius 3 is 3.19 bits per heavy atom. The van der Waals surface area contributed by atoms with Crippen molar-refractivity contribution in [2.75, 3.05) is 6.54 Å². The Morgan fingerprint density at radius 2 is 2.31 bits per heavy atom. The van der Waals surface area contributed by atoms with Crippen LogP contribution in [0.1, 0.15) is 30.4 Å². The minimum atomic E-state index is 0.581. The maximum absolute atomic E-state index is 4.30. The summed E-state index contributed by atoms with van der Waals surface area (Å²) in [5.41, 5.74) is 4.03. The predicted molar refractivity (Wildman–Crippen MR) is 66.1 cm³/mol. The average molecular weight is 214 g/mol. The summed E-state index contributed by atoms with van der Waals surface area (Å²) in [6.07, 6.45) is 10.3. The Bertz CT molecular complexity index is 422. The van der Waals surface area contributed by atoms with E-state index in [4.69, 9.17) is 0 Å². The third-order valence-electron chi connectivity index (χ3n) is 3.77. The SMILES string of the molecule is Cc1cncc(C2=CC[C@H]3CCCN[C@@H]23)c1. The van der Waals surface area contributed by atoms with Crippen molar-refractivity contribution in [1.29, 1.82) is 0 Å². The highest BCUT2D eigenvalue weighted by Gasteiger charge is 2.32. The highest BCUT2D eigenvalue weighted by molar-refractivity contribution is 5.72. The fourth-order valence-electron chi connectivity index (χ4n) is 2.99. The summed E-state index contributed by atoms with van der Waals surface area (Å²) in [5, 5.41) is 3.65. The van der Waals surface area contributed by atoms with Gasteiger partial charge in [-0.05, 0) is 61.4 Å². The second kappa shape index (κ2) is 4.02. The lowest BCUT2D eigenvalue weighted by atomic mass is 9.88. The van der Waals surface area contributed by atoms with E-state index in [2.05, 4.69) is 29.4 Å². The average Bonchev–Trinajstić information content (AvgIpc) is 2.72. The molecule has 0 spiro atoms. The first-order valence-electron chi connectivity index (χ1n) is 6.20. The van der Waals surface area contributed by atoms with E-state index in [9.17, 15) is 0 Å². The van der Waals surface area contributed by atoms with E-state index in [1.807, 2.05) is 12.4 Å². The van der Waals surface area contributed by atoms with Crippen molar-refractivity contribution < 1.29 is 0 Å². The van der Waals surface area contributed by atoms with Crippen molar-refractivity contribution in [1.82, 2.24) is 10.3 Å². The molecule has 2 heterocycles. The number of fused-ring (bicyclic) bond motifs is 1. The Kier molecular flexibility index (Phi) is 2.52. The zero-order valence-electron chi connectivity index (χ0n) is 9.74. The summed E-state index contributed by atoms with van der Waals surface area (Å²) in [7, 11) is 0. The number of allylic oxidation sites excluding steroid dienone is 1. The van der Waals surface area contributed by atoms with Crippen molar-refractivity contribution in [2.45, 2.75) is 32.2 Å². The number of hydrogen-bond donors (Lipinski definition) is 1. The molecule has 0 radical (unpaired) electrons. The zero-order valence-corrected chi connectivity index (χ0v) is 9.74. The molecule has 1 N–H and O–H groups in total. The molecular weight excluding hydrogens is 196 g/mol. The number of hydrogen-bond acceptors (Lipinski definition) is 2. The quantitative estimate of drug-likeness (QED) is 0.777. The van der Waals surface area contributed by atoms with Crippen LogP contribution in [0, 0.1) is 12.8 Å². The summed E-state index contributed by atoms with van der Waals surface area (Å²) in [6.45, 7) is 3.27. The molecule has 84 valence electrons. The van der Waals surface area contributed by atoms with Crippen LogP contribution < -0.4 is 5.32 Å². The molecule has 2 heteroatoms.